The van der Waals surface area contributed by atoms with Crippen LogP contribution >= 0.6 is 0 Å². The number of halogens is 2. The first-order valence-corrected chi connectivity index (χ1v) is 7.47. The molecule has 0 saturated heterocycles. The highest BCUT2D eigenvalue weighted by Gasteiger charge is 2.15. The summed E-state index contributed by atoms with van der Waals surface area (Å²) in [6.45, 7) is -2.32. The van der Waals surface area contributed by atoms with Crippen molar-refractivity contribution in [3.05, 3.63) is 48.0 Å². The van der Waals surface area contributed by atoms with Crippen LogP contribution in [0.15, 0.2) is 42.5 Å². The van der Waals surface area contributed by atoms with Gasteiger partial charge in [0.25, 0.3) is 0 Å². The summed E-state index contributed by atoms with van der Waals surface area (Å²) in [5, 5.41) is 2.68. The van der Waals surface area contributed by atoms with Gasteiger partial charge in [0.05, 0.1) is 0 Å². The van der Waals surface area contributed by atoms with Gasteiger partial charge in [-0.15, -0.1) is 0 Å². The zero-order chi connectivity index (χ0) is 17.8. The Morgan fingerprint density at radius 2 is 1.92 bits per heavy atom. The van der Waals surface area contributed by atoms with E-state index in [1.165, 1.54) is 29.2 Å². The average molecular weight is 350 g/mol. The maximum Gasteiger partial charge on any atom is 0.387 e. The molecule has 0 aromatic heterocycles. The Morgan fingerprint density at radius 1 is 1.20 bits per heavy atom. The van der Waals surface area contributed by atoms with Crippen LogP contribution in [0.25, 0.3) is 0 Å². The summed E-state index contributed by atoms with van der Waals surface area (Å²) >= 11 is 0. The number of alkyl halides is 2. The van der Waals surface area contributed by atoms with Crippen molar-refractivity contribution in [1.82, 2.24) is 4.90 Å². The molecule has 0 spiro atoms. The standard InChI is InChI=1S/C17H16F2N2O4/c1-21(9-11-2-7-14-15(8-11)24-10-23-14)17(22)20-12-3-5-13(6-4-12)25-16(18)19/h2-8,16H,9-10H2,1H3,(H,20,22). The number of benzene rings is 2. The molecule has 0 bridgehead atoms. The van der Waals surface area contributed by atoms with Gasteiger partial charge in [0.15, 0.2) is 11.5 Å². The molecule has 1 N–H and O–H groups in total. The molecule has 132 valence electrons. The number of carbonyl (C=O) groups excluding carboxylic acids is 1. The third-order valence-electron chi connectivity index (χ3n) is 3.53. The Hall–Kier alpha value is -3.03. The molecule has 0 aliphatic carbocycles. The molecule has 0 unspecified atom stereocenters. The lowest BCUT2D eigenvalue weighted by atomic mass is 10.2. The molecule has 0 atom stereocenters. The number of hydrogen-bond acceptors (Lipinski definition) is 4. The van der Waals surface area contributed by atoms with Crippen molar-refractivity contribution in [2.75, 3.05) is 19.2 Å². The van der Waals surface area contributed by atoms with E-state index in [4.69, 9.17) is 9.47 Å². The predicted molar refractivity (Wildman–Crippen MR) is 86.1 cm³/mol. The topological polar surface area (TPSA) is 60.0 Å². The third-order valence-corrected chi connectivity index (χ3v) is 3.53. The molecule has 25 heavy (non-hydrogen) atoms. The van der Waals surface area contributed by atoms with Crippen LogP contribution in [-0.2, 0) is 6.54 Å². The summed E-state index contributed by atoms with van der Waals surface area (Å²) in [7, 11) is 1.65. The second kappa shape index (κ2) is 7.25. The van der Waals surface area contributed by atoms with Crippen molar-refractivity contribution in [3.63, 3.8) is 0 Å². The van der Waals surface area contributed by atoms with E-state index in [9.17, 15) is 13.6 Å². The molecule has 0 fully saturated rings. The Morgan fingerprint density at radius 3 is 2.64 bits per heavy atom. The number of hydrogen-bond donors (Lipinski definition) is 1. The fourth-order valence-electron chi connectivity index (χ4n) is 2.32. The summed E-state index contributed by atoms with van der Waals surface area (Å²) < 4.78 is 39.0. The lowest BCUT2D eigenvalue weighted by Gasteiger charge is -2.18. The van der Waals surface area contributed by atoms with Crippen molar-refractivity contribution in [3.8, 4) is 17.2 Å². The van der Waals surface area contributed by atoms with Gasteiger partial charge in [0.1, 0.15) is 5.75 Å². The number of urea groups is 1. The van der Waals surface area contributed by atoms with E-state index in [1.807, 2.05) is 12.1 Å². The number of carbonyl (C=O) groups is 1. The van der Waals surface area contributed by atoms with E-state index in [-0.39, 0.29) is 18.6 Å². The van der Waals surface area contributed by atoms with Gasteiger partial charge in [0, 0.05) is 19.3 Å². The van der Waals surface area contributed by atoms with Gasteiger partial charge < -0.3 is 24.4 Å². The number of nitrogens with one attached hydrogen (secondary N) is 1. The van der Waals surface area contributed by atoms with Gasteiger partial charge in [-0.1, -0.05) is 6.07 Å². The highest BCUT2D eigenvalue weighted by molar-refractivity contribution is 5.89. The number of amides is 2. The molecule has 0 radical (unpaired) electrons. The van der Waals surface area contributed by atoms with Crippen molar-refractivity contribution in [2.45, 2.75) is 13.2 Å². The third kappa shape index (κ3) is 4.28. The number of fused-ring (bicyclic) bond motifs is 1. The fraction of sp³-hybridized carbons (Fsp3) is 0.235. The number of nitrogens with zero attached hydrogens (tertiary/aromatic N) is 1. The first kappa shape index (κ1) is 16.8. The van der Waals surface area contributed by atoms with E-state index in [1.54, 1.807) is 13.1 Å². The first-order valence-electron chi connectivity index (χ1n) is 7.47. The van der Waals surface area contributed by atoms with Crippen LogP contribution in [-0.4, -0.2) is 31.4 Å². The van der Waals surface area contributed by atoms with E-state index in [2.05, 4.69) is 10.1 Å². The van der Waals surface area contributed by atoms with Crippen molar-refractivity contribution in [2.24, 2.45) is 0 Å². The van der Waals surface area contributed by atoms with Crippen LogP contribution < -0.4 is 19.5 Å². The average Bonchev–Trinajstić information content (AvgIpc) is 3.03. The summed E-state index contributed by atoms with van der Waals surface area (Å²) in [5.74, 6) is 1.37. The number of rotatable bonds is 5. The molecule has 8 heteroatoms. The fourth-order valence-corrected chi connectivity index (χ4v) is 2.32. The lowest BCUT2D eigenvalue weighted by Crippen LogP contribution is -2.30. The Kier molecular flexibility index (Phi) is 4.87. The molecule has 2 amide bonds. The second-order valence-electron chi connectivity index (χ2n) is 5.38. The Balaban J connectivity index is 1.57. The maximum absolute atomic E-state index is 12.2. The first-order chi connectivity index (χ1) is 12.0. The van der Waals surface area contributed by atoms with Crippen molar-refractivity contribution < 1.29 is 27.8 Å². The van der Waals surface area contributed by atoms with Crippen LogP contribution in [0.1, 0.15) is 5.56 Å². The van der Waals surface area contributed by atoms with Gasteiger partial charge in [-0.05, 0) is 42.0 Å². The molecule has 0 saturated carbocycles. The van der Waals surface area contributed by atoms with Crippen LogP contribution in [0.4, 0.5) is 19.3 Å². The van der Waals surface area contributed by atoms with E-state index in [0.717, 1.165) is 5.56 Å². The Bertz CT molecular complexity index is 753. The normalized spacial score (nSPS) is 12.2. The van der Waals surface area contributed by atoms with E-state index in [0.29, 0.717) is 23.7 Å². The van der Waals surface area contributed by atoms with Crippen LogP contribution in [0.5, 0.6) is 17.2 Å². The molecule has 1 aliphatic heterocycles. The summed E-state index contributed by atoms with van der Waals surface area (Å²) in [6, 6.07) is 10.8. The van der Waals surface area contributed by atoms with Crippen LogP contribution in [0.2, 0.25) is 0 Å². The summed E-state index contributed by atoms with van der Waals surface area (Å²) in [5.41, 5.74) is 1.37. The van der Waals surface area contributed by atoms with Crippen molar-refractivity contribution in [1.29, 1.82) is 0 Å². The van der Waals surface area contributed by atoms with Gasteiger partial charge in [-0.3, -0.25) is 0 Å². The van der Waals surface area contributed by atoms with E-state index >= 15 is 0 Å². The molecule has 3 rings (SSSR count). The quantitative estimate of drug-likeness (QED) is 0.894. The maximum atomic E-state index is 12.2. The second-order valence-corrected chi connectivity index (χ2v) is 5.38. The molecule has 1 heterocycles. The molecule has 2 aromatic carbocycles. The summed E-state index contributed by atoms with van der Waals surface area (Å²) in [6.07, 6.45) is 0. The lowest BCUT2D eigenvalue weighted by molar-refractivity contribution is -0.0498. The minimum absolute atomic E-state index is 0.0294. The largest absolute Gasteiger partial charge is 0.454 e. The predicted octanol–water partition coefficient (Wildman–Crippen LogP) is 3.68. The smallest absolute Gasteiger partial charge is 0.387 e. The summed E-state index contributed by atoms with van der Waals surface area (Å²) in [4.78, 5) is 13.7. The van der Waals surface area contributed by atoms with Crippen molar-refractivity contribution >= 4 is 11.7 Å². The minimum atomic E-state index is -2.88. The van der Waals surface area contributed by atoms with Gasteiger partial charge in [-0.2, -0.15) is 8.78 Å². The Labute approximate surface area is 142 Å². The van der Waals surface area contributed by atoms with Gasteiger partial charge in [0.2, 0.25) is 6.79 Å². The highest BCUT2D eigenvalue weighted by atomic mass is 19.3. The SMILES string of the molecule is CN(Cc1ccc2c(c1)OCO2)C(=O)Nc1ccc(OC(F)F)cc1. The monoisotopic (exact) mass is 350 g/mol. The molecule has 1 aliphatic rings. The zero-order valence-corrected chi connectivity index (χ0v) is 13.4. The number of anilines is 1. The van der Waals surface area contributed by atoms with Crippen LogP contribution in [0, 0.1) is 0 Å². The molecular weight excluding hydrogens is 334 g/mol. The minimum Gasteiger partial charge on any atom is -0.454 e. The highest BCUT2D eigenvalue weighted by Crippen LogP contribution is 2.32. The molecule has 6 nitrogen and oxygen atoms in total. The molecular formula is C17H16F2N2O4. The van der Waals surface area contributed by atoms with Gasteiger partial charge in [-0.25, -0.2) is 4.79 Å². The van der Waals surface area contributed by atoms with Gasteiger partial charge >= 0.3 is 12.6 Å². The van der Waals surface area contributed by atoms with Crippen LogP contribution in [0.3, 0.4) is 0 Å². The molecule has 2 aromatic rings. The zero-order valence-electron chi connectivity index (χ0n) is 13.4. The number of ether oxygens (including phenoxy) is 3. The van der Waals surface area contributed by atoms with E-state index < -0.39 is 6.61 Å².